The first-order valence-electron chi connectivity index (χ1n) is 11.3. The monoisotopic (exact) mass is 405 g/mol. The predicted molar refractivity (Wildman–Crippen MR) is 117 cm³/mol. The number of hydrogen-bond acceptors (Lipinski definition) is 3. The van der Waals surface area contributed by atoms with Gasteiger partial charge in [-0.15, -0.1) is 0 Å². The highest BCUT2D eigenvalue weighted by atomic mass is 16.4. The van der Waals surface area contributed by atoms with Crippen LogP contribution in [0.25, 0.3) is 0 Å². The van der Waals surface area contributed by atoms with Crippen LogP contribution >= 0.6 is 0 Å². The van der Waals surface area contributed by atoms with Gasteiger partial charge in [0.25, 0.3) is 0 Å². The summed E-state index contributed by atoms with van der Waals surface area (Å²) >= 11 is 0. The van der Waals surface area contributed by atoms with E-state index >= 15 is 0 Å². The van der Waals surface area contributed by atoms with Gasteiger partial charge in [-0.3, -0.25) is 4.79 Å². The van der Waals surface area contributed by atoms with Crippen LogP contribution < -0.4 is 5.32 Å². The van der Waals surface area contributed by atoms with Crippen LogP contribution in [0.4, 0.5) is 0 Å². The van der Waals surface area contributed by atoms with E-state index in [1.54, 1.807) is 12.1 Å². The highest BCUT2D eigenvalue weighted by Crippen LogP contribution is 2.13. The molecule has 0 heterocycles. The van der Waals surface area contributed by atoms with Crippen molar-refractivity contribution in [3.8, 4) is 5.75 Å². The van der Waals surface area contributed by atoms with Crippen LogP contribution in [0, 0.1) is 0 Å². The van der Waals surface area contributed by atoms with Gasteiger partial charge in [-0.05, 0) is 24.1 Å². The Bertz CT molecular complexity index is 571. The average molecular weight is 406 g/mol. The Morgan fingerprint density at radius 1 is 0.828 bits per heavy atom. The van der Waals surface area contributed by atoms with Crippen molar-refractivity contribution in [2.45, 2.75) is 103 Å². The summed E-state index contributed by atoms with van der Waals surface area (Å²) in [6.45, 7) is 2.24. The third-order valence-corrected chi connectivity index (χ3v) is 5.27. The van der Waals surface area contributed by atoms with Gasteiger partial charge >= 0.3 is 5.97 Å². The maximum absolute atomic E-state index is 12.1. The Labute approximate surface area is 175 Å². The summed E-state index contributed by atoms with van der Waals surface area (Å²) < 4.78 is 0. The minimum Gasteiger partial charge on any atom is -0.508 e. The third kappa shape index (κ3) is 12.9. The number of hydrogen-bond donors (Lipinski definition) is 3. The fourth-order valence-corrected chi connectivity index (χ4v) is 3.46. The predicted octanol–water partition coefficient (Wildman–Crippen LogP) is 5.60. The quantitative estimate of drug-likeness (QED) is 0.295. The molecule has 3 N–H and O–H groups in total. The molecule has 1 aromatic rings. The van der Waals surface area contributed by atoms with Crippen LogP contribution in [0.2, 0.25) is 0 Å². The first-order chi connectivity index (χ1) is 14.0. The van der Waals surface area contributed by atoms with Crippen LogP contribution in [0.15, 0.2) is 24.3 Å². The standard InChI is InChI=1S/C24H39NO4/c1-2-3-4-5-6-7-8-9-10-11-12-13-14-23(27)25-22(24(28)29)19-20-15-17-21(26)18-16-20/h15-18,22,26H,2-14,19H2,1H3,(H,25,27)(H,28,29)/t22-/m0/s1. The van der Waals surface area contributed by atoms with Crippen molar-refractivity contribution in [3.05, 3.63) is 29.8 Å². The molecule has 29 heavy (non-hydrogen) atoms. The van der Waals surface area contributed by atoms with E-state index < -0.39 is 12.0 Å². The topological polar surface area (TPSA) is 86.6 Å². The number of aliphatic carboxylic acids is 1. The average Bonchev–Trinajstić information content (AvgIpc) is 2.70. The maximum Gasteiger partial charge on any atom is 0.326 e. The van der Waals surface area contributed by atoms with Crippen molar-refractivity contribution in [1.29, 1.82) is 0 Å². The van der Waals surface area contributed by atoms with Crippen molar-refractivity contribution in [3.63, 3.8) is 0 Å². The zero-order valence-corrected chi connectivity index (χ0v) is 18.0. The number of unbranched alkanes of at least 4 members (excludes halogenated alkanes) is 11. The first-order valence-corrected chi connectivity index (χ1v) is 11.3. The van der Waals surface area contributed by atoms with Crippen molar-refractivity contribution >= 4 is 11.9 Å². The van der Waals surface area contributed by atoms with Crippen LogP contribution in [0.5, 0.6) is 5.75 Å². The van der Waals surface area contributed by atoms with E-state index in [1.807, 2.05) is 0 Å². The zero-order chi connectivity index (χ0) is 21.3. The second kappa shape index (κ2) is 15.8. The Morgan fingerprint density at radius 3 is 1.79 bits per heavy atom. The molecular formula is C24H39NO4. The van der Waals surface area contributed by atoms with Crippen molar-refractivity contribution in [1.82, 2.24) is 5.32 Å². The highest BCUT2D eigenvalue weighted by molar-refractivity contribution is 5.83. The van der Waals surface area contributed by atoms with Gasteiger partial charge < -0.3 is 15.5 Å². The van der Waals surface area contributed by atoms with Crippen molar-refractivity contribution in [2.24, 2.45) is 0 Å². The largest absolute Gasteiger partial charge is 0.508 e. The van der Waals surface area contributed by atoms with Gasteiger partial charge in [0.15, 0.2) is 0 Å². The number of benzene rings is 1. The molecule has 0 saturated carbocycles. The van der Waals surface area contributed by atoms with E-state index in [2.05, 4.69) is 12.2 Å². The summed E-state index contributed by atoms with van der Waals surface area (Å²) in [5, 5.41) is 21.3. The van der Waals surface area contributed by atoms with Crippen LogP contribution in [0.1, 0.15) is 96.0 Å². The highest BCUT2D eigenvalue weighted by Gasteiger charge is 2.20. The SMILES string of the molecule is CCCCCCCCCCCCCCC(=O)N[C@@H](Cc1ccc(O)cc1)C(=O)O. The number of amides is 1. The molecule has 1 rings (SSSR count). The van der Waals surface area contributed by atoms with Crippen molar-refractivity contribution < 1.29 is 19.8 Å². The molecule has 0 spiro atoms. The summed E-state index contributed by atoms with van der Waals surface area (Å²) in [6, 6.07) is 5.43. The number of rotatable bonds is 17. The normalized spacial score (nSPS) is 11.9. The Hall–Kier alpha value is -2.04. The summed E-state index contributed by atoms with van der Waals surface area (Å²) in [4.78, 5) is 23.5. The first kappa shape index (κ1) is 25.0. The molecule has 5 heteroatoms. The van der Waals surface area contributed by atoms with E-state index in [4.69, 9.17) is 0 Å². The van der Waals surface area contributed by atoms with E-state index in [9.17, 15) is 19.8 Å². The molecule has 0 unspecified atom stereocenters. The summed E-state index contributed by atoms with van der Waals surface area (Å²) in [6.07, 6.45) is 15.4. The molecule has 0 aliphatic heterocycles. The lowest BCUT2D eigenvalue weighted by molar-refractivity contribution is -0.141. The molecule has 1 amide bonds. The van der Waals surface area contributed by atoms with E-state index in [0.29, 0.717) is 6.42 Å². The fourth-order valence-electron chi connectivity index (χ4n) is 3.46. The van der Waals surface area contributed by atoms with Gasteiger partial charge in [0.1, 0.15) is 11.8 Å². The molecular weight excluding hydrogens is 366 g/mol. The number of carbonyl (C=O) groups is 2. The van der Waals surface area contributed by atoms with Gasteiger partial charge in [-0.25, -0.2) is 4.79 Å². The maximum atomic E-state index is 12.1. The molecule has 0 aromatic heterocycles. The molecule has 0 bridgehead atoms. The second-order valence-electron chi connectivity index (χ2n) is 7.97. The smallest absolute Gasteiger partial charge is 0.326 e. The molecule has 0 saturated heterocycles. The molecule has 0 aliphatic rings. The van der Waals surface area contributed by atoms with Gasteiger partial charge in [0, 0.05) is 12.8 Å². The molecule has 164 valence electrons. The van der Waals surface area contributed by atoms with Crippen LogP contribution in [0.3, 0.4) is 0 Å². The minimum absolute atomic E-state index is 0.136. The van der Waals surface area contributed by atoms with Crippen molar-refractivity contribution in [2.75, 3.05) is 0 Å². The number of aromatic hydroxyl groups is 1. The summed E-state index contributed by atoms with van der Waals surface area (Å²) in [7, 11) is 0. The molecule has 0 fully saturated rings. The van der Waals surface area contributed by atoms with Crippen LogP contribution in [-0.4, -0.2) is 28.1 Å². The number of nitrogens with one attached hydrogen (secondary N) is 1. The summed E-state index contributed by atoms with van der Waals surface area (Å²) in [5.41, 5.74) is 0.765. The van der Waals surface area contributed by atoms with Gasteiger partial charge in [-0.1, -0.05) is 89.7 Å². The molecule has 0 aliphatic carbocycles. The Balaban J connectivity index is 2.08. The number of phenolic OH excluding ortho intramolecular Hbond substituents is 1. The van der Waals surface area contributed by atoms with Crippen LogP contribution in [-0.2, 0) is 16.0 Å². The molecule has 5 nitrogen and oxygen atoms in total. The Kier molecular flexibility index (Phi) is 13.6. The lowest BCUT2D eigenvalue weighted by Crippen LogP contribution is -2.42. The number of carbonyl (C=O) groups excluding carboxylic acids is 1. The van der Waals surface area contributed by atoms with E-state index in [-0.39, 0.29) is 18.1 Å². The number of phenols is 1. The van der Waals surface area contributed by atoms with E-state index in [1.165, 1.54) is 69.9 Å². The lowest BCUT2D eigenvalue weighted by atomic mass is 10.0. The Morgan fingerprint density at radius 2 is 1.31 bits per heavy atom. The lowest BCUT2D eigenvalue weighted by Gasteiger charge is -2.14. The summed E-state index contributed by atoms with van der Waals surface area (Å²) in [5.74, 6) is -1.11. The van der Waals surface area contributed by atoms with E-state index in [0.717, 1.165) is 24.8 Å². The second-order valence-corrected chi connectivity index (χ2v) is 7.97. The molecule has 1 atom stereocenters. The molecule has 1 aromatic carbocycles. The minimum atomic E-state index is -1.04. The third-order valence-electron chi connectivity index (χ3n) is 5.27. The molecule has 0 radical (unpaired) electrons. The van der Waals surface area contributed by atoms with Gasteiger partial charge in [0.2, 0.25) is 5.91 Å². The van der Waals surface area contributed by atoms with Gasteiger partial charge in [-0.2, -0.15) is 0 Å². The number of carboxylic acids is 1. The fraction of sp³-hybridized carbons (Fsp3) is 0.667. The zero-order valence-electron chi connectivity index (χ0n) is 18.0. The number of carboxylic acid groups (broad SMARTS) is 1. The van der Waals surface area contributed by atoms with Gasteiger partial charge in [0.05, 0.1) is 0 Å².